The number of thiophene rings is 1. The van der Waals surface area contributed by atoms with Crippen molar-refractivity contribution in [1.82, 2.24) is 5.32 Å². The van der Waals surface area contributed by atoms with Gasteiger partial charge in [-0.15, -0.1) is 11.3 Å². The van der Waals surface area contributed by atoms with E-state index >= 15 is 0 Å². The Kier molecular flexibility index (Phi) is 5.53. The van der Waals surface area contributed by atoms with Gasteiger partial charge in [0.25, 0.3) is 0 Å². The van der Waals surface area contributed by atoms with Crippen LogP contribution >= 0.6 is 22.9 Å². The topological polar surface area (TPSA) is 46.2 Å². The summed E-state index contributed by atoms with van der Waals surface area (Å²) in [5.41, 5.74) is 0.826. The normalized spacial score (nSPS) is 10.4. The molecule has 2 aromatic rings. The van der Waals surface area contributed by atoms with E-state index < -0.39 is 0 Å². The number of carbonyl (C=O) groups excluding carboxylic acids is 2. The van der Waals surface area contributed by atoms with Crippen LogP contribution in [0.25, 0.3) is 0 Å². The fourth-order valence-corrected chi connectivity index (χ4v) is 3.01. The average Bonchev–Trinajstić information content (AvgIpc) is 2.90. The first kappa shape index (κ1) is 15.7. The highest BCUT2D eigenvalue weighted by atomic mass is 35.5. The molecule has 5 heteroatoms. The average molecular weight is 322 g/mol. The molecule has 2 rings (SSSR count). The van der Waals surface area contributed by atoms with Crippen molar-refractivity contribution in [3.05, 3.63) is 56.7 Å². The standard InChI is InChI=1S/C16H16ClNO2S/c1-11(19)15-7-6-13(21-15)8-9-18-16(20)10-12-4-2-3-5-14(12)17/h2-7H,8-10H2,1H3,(H,18,20). The number of benzene rings is 1. The Labute approximate surface area is 132 Å². The first-order chi connectivity index (χ1) is 10.1. The van der Waals surface area contributed by atoms with Crippen LogP contribution in [0.3, 0.4) is 0 Å². The van der Waals surface area contributed by atoms with E-state index in [0.717, 1.165) is 21.7 Å². The second-order valence-corrected chi connectivity index (χ2v) is 6.27. The molecule has 0 saturated heterocycles. The molecule has 0 unspecified atom stereocenters. The van der Waals surface area contributed by atoms with Gasteiger partial charge in [-0.3, -0.25) is 9.59 Å². The van der Waals surface area contributed by atoms with E-state index in [2.05, 4.69) is 5.32 Å². The van der Waals surface area contributed by atoms with Crippen LogP contribution in [0.5, 0.6) is 0 Å². The van der Waals surface area contributed by atoms with Crippen LogP contribution in [0.15, 0.2) is 36.4 Å². The van der Waals surface area contributed by atoms with Crippen molar-refractivity contribution in [3.63, 3.8) is 0 Å². The first-order valence-corrected chi connectivity index (χ1v) is 7.85. The molecule has 0 saturated carbocycles. The number of carbonyl (C=O) groups is 2. The number of hydrogen-bond acceptors (Lipinski definition) is 3. The van der Waals surface area contributed by atoms with E-state index in [1.807, 2.05) is 30.3 Å². The number of amides is 1. The largest absolute Gasteiger partial charge is 0.355 e. The zero-order valence-electron chi connectivity index (χ0n) is 11.7. The number of ketones is 1. The molecule has 0 bridgehead atoms. The Balaban J connectivity index is 1.79. The van der Waals surface area contributed by atoms with Crippen molar-refractivity contribution in [2.75, 3.05) is 6.54 Å². The van der Waals surface area contributed by atoms with Gasteiger partial charge in [0, 0.05) is 16.4 Å². The Morgan fingerprint density at radius 1 is 1.19 bits per heavy atom. The maximum absolute atomic E-state index is 11.8. The summed E-state index contributed by atoms with van der Waals surface area (Å²) in [5, 5.41) is 3.48. The Hall–Kier alpha value is -1.65. The summed E-state index contributed by atoms with van der Waals surface area (Å²) in [6.07, 6.45) is 1.01. The molecule has 0 radical (unpaired) electrons. The Bertz CT molecular complexity index is 651. The fourth-order valence-electron chi connectivity index (χ4n) is 1.90. The molecule has 1 amide bonds. The number of nitrogens with one attached hydrogen (secondary N) is 1. The Morgan fingerprint density at radius 3 is 2.62 bits per heavy atom. The molecule has 1 aromatic heterocycles. The van der Waals surface area contributed by atoms with Crippen molar-refractivity contribution in [2.45, 2.75) is 19.8 Å². The molecule has 0 spiro atoms. The van der Waals surface area contributed by atoms with Gasteiger partial charge >= 0.3 is 0 Å². The highest BCUT2D eigenvalue weighted by Gasteiger charge is 2.07. The first-order valence-electron chi connectivity index (χ1n) is 6.66. The van der Waals surface area contributed by atoms with Crippen LogP contribution in [0, 0.1) is 0 Å². The fraction of sp³-hybridized carbons (Fsp3) is 0.250. The Morgan fingerprint density at radius 2 is 1.95 bits per heavy atom. The summed E-state index contributed by atoms with van der Waals surface area (Å²) in [7, 11) is 0. The maximum Gasteiger partial charge on any atom is 0.224 e. The lowest BCUT2D eigenvalue weighted by molar-refractivity contribution is -0.120. The number of hydrogen-bond donors (Lipinski definition) is 1. The third-order valence-electron chi connectivity index (χ3n) is 3.01. The summed E-state index contributed by atoms with van der Waals surface area (Å²) in [6.45, 7) is 2.11. The minimum absolute atomic E-state index is 0.0496. The molecule has 0 atom stereocenters. The molecule has 3 nitrogen and oxygen atoms in total. The van der Waals surface area contributed by atoms with E-state index in [1.165, 1.54) is 11.3 Å². The van der Waals surface area contributed by atoms with Gasteiger partial charge < -0.3 is 5.32 Å². The van der Waals surface area contributed by atoms with E-state index in [-0.39, 0.29) is 18.1 Å². The third kappa shape index (κ3) is 4.69. The van der Waals surface area contributed by atoms with Crippen molar-refractivity contribution in [2.24, 2.45) is 0 Å². The SMILES string of the molecule is CC(=O)c1ccc(CCNC(=O)Cc2ccccc2Cl)s1. The minimum Gasteiger partial charge on any atom is -0.355 e. The van der Waals surface area contributed by atoms with Crippen LogP contribution in [0.1, 0.15) is 27.0 Å². The smallest absolute Gasteiger partial charge is 0.224 e. The molecule has 1 N–H and O–H groups in total. The molecule has 1 aromatic carbocycles. The second-order valence-electron chi connectivity index (χ2n) is 4.69. The lowest BCUT2D eigenvalue weighted by atomic mass is 10.1. The van der Waals surface area contributed by atoms with Crippen LogP contribution in [-0.2, 0) is 17.6 Å². The van der Waals surface area contributed by atoms with E-state index in [0.29, 0.717) is 11.6 Å². The molecule has 110 valence electrons. The van der Waals surface area contributed by atoms with Crippen molar-refractivity contribution >= 4 is 34.6 Å². The summed E-state index contributed by atoms with van der Waals surface area (Å²) in [6, 6.07) is 11.1. The van der Waals surface area contributed by atoms with Gasteiger partial charge in [-0.05, 0) is 37.1 Å². The molecule has 0 aliphatic rings. The molecule has 21 heavy (non-hydrogen) atoms. The van der Waals surface area contributed by atoms with E-state index in [9.17, 15) is 9.59 Å². The second kappa shape index (κ2) is 7.38. The van der Waals surface area contributed by atoms with Gasteiger partial charge in [0.15, 0.2) is 5.78 Å². The monoisotopic (exact) mass is 321 g/mol. The van der Waals surface area contributed by atoms with Crippen molar-refractivity contribution in [3.8, 4) is 0 Å². The summed E-state index contributed by atoms with van der Waals surface area (Å²) < 4.78 is 0. The lowest BCUT2D eigenvalue weighted by Crippen LogP contribution is -2.27. The van der Waals surface area contributed by atoms with E-state index in [1.54, 1.807) is 13.0 Å². The number of halogens is 1. The molecule has 1 heterocycles. The van der Waals surface area contributed by atoms with Gasteiger partial charge in [0.2, 0.25) is 5.91 Å². The molecule has 0 aliphatic heterocycles. The molecule has 0 aliphatic carbocycles. The lowest BCUT2D eigenvalue weighted by Gasteiger charge is -2.05. The summed E-state index contributed by atoms with van der Waals surface area (Å²) in [5.74, 6) is 0.0282. The van der Waals surface area contributed by atoms with Gasteiger partial charge in [0.05, 0.1) is 11.3 Å². The summed E-state index contributed by atoms with van der Waals surface area (Å²) in [4.78, 5) is 24.9. The maximum atomic E-state index is 11.8. The van der Waals surface area contributed by atoms with Crippen LogP contribution in [0.2, 0.25) is 5.02 Å². The predicted octanol–water partition coefficient (Wildman–Crippen LogP) is 3.51. The molecule has 0 fully saturated rings. The van der Waals surface area contributed by atoms with Crippen molar-refractivity contribution < 1.29 is 9.59 Å². The minimum atomic E-state index is -0.0496. The van der Waals surface area contributed by atoms with Gasteiger partial charge in [-0.1, -0.05) is 29.8 Å². The molecular weight excluding hydrogens is 306 g/mol. The highest BCUT2D eigenvalue weighted by molar-refractivity contribution is 7.14. The highest BCUT2D eigenvalue weighted by Crippen LogP contribution is 2.17. The van der Waals surface area contributed by atoms with Crippen LogP contribution in [0.4, 0.5) is 0 Å². The van der Waals surface area contributed by atoms with Crippen molar-refractivity contribution in [1.29, 1.82) is 0 Å². The summed E-state index contributed by atoms with van der Waals surface area (Å²) >= 11 is 7.50. The van der Waals surface area contributed by atoms with Crippen LogP contribution < -0.4 is 5.32 Å². The quantitative estimate of drug-likeness (QED) is 0.828. The van der Waals surface area contributed by atoms with Gasteiger partial charge in [-0.2, -0.15) is 0 Å². The third-order valence-corrected chi connectivity index (χ3v) is 4.63. The van der Waals surface area contributed by atoms with Gasteiger partial charge in [-0.25, -0.2) is 0 Å². The van der Waals surface area contributed by atoms with Crippen LogP contribution in [-0.4, -0.2) is 18.2 Å². The van der Waals surface area contributed by atoms with E-state index in [4.69, 9.17) is 11.6 Å². The number of rotatable bonds is 6. The molecular formula is C16H16ClNO2S. The number of Topliss-reactive ketones (excluding diaryl/α,β-unsaturated/α-hetero) is 1. The zero-order valence-corrected chi connectivity index (χ0v) is 13.3. The van der Waals surface area contributed by atoms with Gasteiger partial charge in [0.1, 0.15) is 0 Å². The zero-order chi connectivity index (χ0) is 15.2. The predicted molar refractivity (Wildman–Crippen MR) is 86.2 cm³/mol.